The van der Waals surface area contributed by atoms with Crippen molar-refractivity contribution in [1.82, 2.24) is 24.8 Å². The SMILES string of the molecule is CC[C@H](NC(=O)[C@H](C)NC)C(=O)N1CC[C@@H]2[C@H]1[C@@H](c1c[nH]c3cc(F)ccc13)CN2S(C)(=O)=O. The molecule has 0 radical (unpaired) electrons. The van der Waals surface area contributed by atoms with E-state index in [1.807, 2.05) is 6.92 Å². The van der Waals surface area contributed by atoms with Crippen LogP contribution in [0, 0.1) is 5.82 Å². The van der Waals surface area contributed by atoms with Gasteiger partial charge in [0.25, 0.3) is 0 Å². The summed E-state index contributed by atoms with van der Waals surface area (Å²) in [5, 5.41) is 6.50. The lowest BCUT2D eigenvalue weighted by Gasteiger charge is -2.32. The lowest BCUT2D eigenvalue weighted by atomic mass is 9.91. The molecular formula is C23H32FN5O4S. The number of nitrogens with zero attached hydrogens (tertiary/aromatic N) is 2. The number of carbonyl (C=O) groups excluding carboxylic acids is 2. The average molecular weight is 494 g/mol. The summed E-state index contributed by atoms with van der Waals surface area (Å²) in [6, 6.07) is 2.60. The van der Waals surface area contributed by atoms with Gasteiger partial charge in [-0.05, 0) is 50.6 Å². The summed E-state index contributed by atoms with van der Waals surface area (Å²) in [5.41, 5.74) is 1.48. The molecule has 4 rings (SSSR count). The van der Waals surface area contributed by atoms with Gasteiger partial charge in [0, 0.05) is 42.1 Å². The van der Waals surface area contributed by atoms with Crippen LogP contribution in [-0.2, 0) is 19.6 Å². The minimum atomic E-state index is -3.50. The highest BCUT2D eigenvalue weighted by molar-refractivity contribution is 7.88. The van der Waals surface area contributed by atoms with Crippen LogP contribution in [-0.4, -0.2) is 85.0 Å². The molecule has 2 fully saturated rings. The minimum absolute atomic E-state index is 0.210. The van der Waals surface area contributed by atoms with Crippen LogP contribution >= 0.6 is 0 Å². The van der Waals surface area contributed by atoms with E-state index in [4.69, 9.17) is 0 Å². The quantitative estimate of drug-likeness (QED) is 0.535. The second-order valence-corrected chi connectivity index (χ2v) is 11.2. The van der Waals surface area contributed by atoms with Crippen LogP contribution in [0.1, 0.15) is 38.2 Å². The largest absolute Gasteiger partial charge is 0.361 e. The van der Waals surface area contributed by atoms with Crippen LogP contribution in [0.15, 0.2) is 24.4 Å². The van der Waals surface area contributed by atoms with Crippen LogP contribution in [0.2, 0.25) is 0 Å². The first-order valence-corrected chi connectivity index (χ1v) is 13.4. The van der Waals surface area contributed by atoms with Crippen molar-refractivity contribution in [1.29, 1.82) is 0 Å². The molecule has 1 aromatic carbocycles. The maximum Gasteiger partial charge on any atom is 0.245 e. The van der Waals surface area contributed by atoms with Crippen molar-refractivity contribution in [2.75, 3.05) is 26.4 Å². The van der Waals surface area contributed by atoms with Crippen molar-refractivity contribution in [3.63, 3.8) is 0 Å². The Morgan fingerprint density at radius 2 is 2.06 bits per heavy atom. The second-order valence-electron chi connectivity index (χ2n) is 9.23. The molecule has 9 nitrogen and oxygen atoms in total. The van der Waals surface area contributed by atoms with Crippen molar-refractivity contribution in [3.8, 4) is 0 Å². The fourth-order valence-corrected chi connectivity index (χ4v) is 6.50. The molecule has 2 aliphatic heterocycles. The van der Waals surface area contributed by atoms with Gasteiger partial charge in [-0.3, -0.25) is 9.59 Å². The number of carbonyl (C=O) groups is 2. The van der Waals surface area contributed by atoms with Gasteiger partial charge in [0.15, 0.2) is 0 Å². The minimum Gasteiger partial charge on any atom is -0.361 e. The Morgan fingerprint density at radius 1 is 1.32 bits per heavy atom. The molecule has 34 heavy (non-hydrogen) atoms. The van der Waals surface area contributed by atoms with E-state index in [1.54, 1.807) is 31.1 Å². The molecule has 3 N–H and O–H groups in total. The topological polar surface area (TPSA) is 115 Å². The predicted octanol–water partition coefficient (Wildman–Crippen LogP) is 1.14. The number of aromatic nitrogens is 1. The molecule has 2 aliphatic rings. The van der Waals surface area contributed by atoms with Crippen molar-refractivity contribution in [3.05, 3.63) is 35.8 Å². The van der Waals surface area contributed by atoms with Gasteiger partial charge in [-0.2, -0.15) is 4.31 Å². The molecule has 5 atom stereocenters. The number of amides is 2. The Bertz CT molecular complexity index is 1200. The van der Waals surface area contributed by atoms with Crippen LogP contribution in [0.4, 0.5) is 4.39 Å². The number of sulfonamides is 1. The van der Waals surface area contributed by atoms with Gasteiger partial charge >= 0.3 is 0 Å². The number of benzene rings is 1. The molecule has 0 saturated carbocycles. The first-order valence-electron chi connectivity index (χ1n) is 11.6. The summed E-state index contributed by atoms with van der Waals surface area (Å²) in [6.07, 6.45) is 3.91. The van der Waals surface area contributed by atoms with E-state index < -0.39 is 22.1 Å². The Morgan fingerprint density at radius 3 is 2.71 bits per heavy atom. The summed E-state index contributed by atoms with van der Waals surface area (Å²) in [7, 11) is -1.83. The summed E-state index contributed by atoms with van der Waals surface area (Å²) in [4.78, 5) is 30.9. The van der Waals surface area contributed by atoms with Gasteiger partial charge in [0.05, 0.1) is 18.3 Å². The van der Waals surface area contributed by atoms with Gasteiger partial charge in [0.1, 0.15) is 11.9 Å². The third kappa shape index (κ3) is 4.32. The predicted molar refractivity (Wildman–Crippen MR) is 127 cm³/mol. The molecular weight excluding hydrogens is 461 g/mol. The number of fused-ring (bicyclic) bond motifs is 2. The van der Waals surface area contributed by atoms with Crippen molar-refractivity contribution in [2.24, 2.45) is 0 Å². The number of nitrogens with one attached hydrogen (secondary N) is 3. The monoisotopic (exact) mass is 493 g/mol. The van der Waals surface area contributed by atoms with E-state index in [1.165, 1.54) is 22.7 Å². The van der Waals surface area contributed by atoms with Crippen molar-refractivity contribution in [2.45, 2.75) is 56.8 Å². The number of H-pyrrole nitrogens is 1. The molecule has 0 unspecified atom stereocenters. The number of rotatable bonds is 7. The first-order chi connectivity index (χ1) is 16.1. The maximum absolute atomic E-state index is 13.7. The number of halogens is 1. The number of likely N-dealkylation sites (N-methyl/N-ethyl adjacent to an activating group) is 1. The standard InChI is InChI=1S/C23H32FN5O4S/c1-5-18(27-22(30)13(2)25-3)23(31)28-9-8-20-21(28)17(12-29(20)34(4,32)33)16-11-26-19-10-14(24)6-7-15(16)19/h6-7,10-11,13,17-18,20-21,25-26H,5,8-9,12H2,1-4H3,(H,27,30)/t13-,17+,18-,20+,21+/m0/s1. The molecule has 0 bridgehead atoms. The van der Waals surface area contributed by atoms with E-state index in [0.29, 0.717) is 24.9 Å². The van der Waals surface area contributed by atoms with Crippen LogP contribution in [0.5, 0.6) is 0 Å². The van der Waals surface area contributed by atoms with Crippen LogP contribution in [0.3, 0.4) is 0 Å². The van der Waals surface area contributed by atoms with E-state index >= 15 is 0 Å². The van der Waals surface area contributed by atoms with E-state index in [0.717, 1.165) is 10.9 Å². The fourth-order valence-electron chi connectivity index (χ4n) is 5.35. The third-order valence-corrected chi connectivity index (χ3v) is 8.48. The van der Waals surface area contributed by atoms with Gasteiger partial charge in [-0.25, -0.2) is 12.8 Å². The zero-order valence-corrected chi connectivity index (χ0v) is 20.7. The van der Waals surface area contributed by atoms with Crippen molar-refractivity contribution < 1.29 is 22.4 Å². The number of likely N-dealkylation sites (tertiary alicyclic amines) is 1. The van der Waals surface area contributed by atoms with E-state index in [9.17, 15) is 22.4 Å². The number of hydrogen-bond donors (Lipinski definition) is 3. The summed E-state index contributed by atoms with van der Waals surface area (Å²) < 4.78 is 40.5. The van der Waals surface area contributed by atoms with Gasteiger partial charge in [0.2, 0.25) is 21.8 Å². The molecule has 0 aliphatic carbocycles. The molecule has 11 heteroatoms. The number of aromatic amines is 1. The van der Waals surface area contributed by atoms with E-state index in [2.05, 4.69) is 15.6 Å². The smallest absolute Gasteiger partial charge is 0.245 e. The van der Waals surface area contributed by atoms with E-state index in [-0.39, 0.29) is 42.2 Å². The molecule has 1 aromatic heterocycles. The Labute approximate surface area is 199 Å². The van der Waals surface area contributed by atoms with Gasteiger partial charge in [-0.1, -0.05) is 6.92 Å². The summed E-state index contributed by atoms with van der Waals surface area (Å²) in [6.45, 7) is 4.20. The lowest BCUT2D eigenvalue weighted by molar-refractivity contribution is -0.137. The molecule has 0 spiro atoms. The zero-order valence-electron chi connectivity index (χ0n) is 19.8. The highest BCUT2D eigenvalue weighted by Crippen LogP contribution is 2.44. The molecule has 2 amide bonds. The summed E-state index contributed by atoms with van der Waals surface area (Å²) >= 11 is 0. The average Bonchev–Trinajstić information content (AvgIpc) is 3.49. The number of hydrogen-bond acceptors (Lipinski definition) is 5. The molecule has 3 heterocycles. The fraction of sp³-hybridized carbons (Fsp3) is 0.565. The van der Waals surface area contributed by atoms with Gasteiger partial charge < -0.3 is 20.5 Å². The highest BCUT2D eigenvalue weighted by atomic mass is 32.2. The van der Waals surface area contributed by atoms with Crippen LogP contribution < -0.4 is 10.6 Å². The van der Waals surface area contributed by atoms with Crippen molar-refractivity contribution >= 4 is 32.7 Å². The molecule has 186 valence electrons. The Balaban J connectivity index is 1.69. The first kappa shape index (κ1) is 24.6. The Kier molecular flexibility index (Phi) is 6.71. The lowest BCUT2D eigenvalue weighted by Crippen LogP contribution is -2.54. The zero-order chi connectivity index (χ0) is 24.8. The summed E-state index contributed by atoms with van der Waals surface area (Å²) in [5.74, 6) is -1.12. The Hall–Kier alpha value is -2.50. The third-order valence-electron chi connectivity index (χ3n) is 7.21. The molecule has 2 aromatic rings. The molecule has 2 saturated heterocycles. The second kappa shape index (κ2) is 9.27. The highest BCUT2D eigenvalue weighted by Gasteiger charge is 2.54. The van der Waals surface area contributed by atoms with Gasteiger partial charge in [-0.15, -0.1) is 0 Å². The van der Waals surface area contributed by atoms with Crippen LogP contribution in [0.25, 0.3) is 10.9 Å². The normalized spacial score (nSPS) is 24.9. The maximum atomic E-state index is 13.7.